The van der Waals surface area contributed by atoms with Gasteiger partial charge in [-0.05, 0) is 43.7 Å². The van der Waals surface area contributed by atoms with E-state index in [0.717, 1.165) is 31.1 Å². The van der Waals surface area contributed by atoms with E-state index in [9.17, 15) is 4.79 Å². The van der Waals surface area contributed by atoms with Gasteiger partial charge in [0.15, 0.2) is 0 Å². The van der Waals surface area contributed by atoms with Crippen molar-refractivity contribution in [2.24, 2.45) is 5.92 Å². The van der Waals surface area contributed by atoms with Gasteiger partial charge in [0, 0.05) is 13.2 Å². The lowest BCUT2D eigenvalue weighted by atomic mass is 10.1. The molecule has 1 aromatic carbocycles. The highest BCUT2D eigenvalue weighted by Gasteiger charge is 2.45. The number of hydrogen-bond donors (Lipinski definition) is 0. The van der Waals surface area contributed by atoms with Crippen LogP contribution in [-0.2, 0) is 14.3 Å². The van der Waals surface area contributed by atoms with E-state index in [1.165, 1.54) is 12.8 Å². The summed E-state index contributed by atoms with van der Waals surface area (Å²) in [7, 11) is 0. The fourth-order valence-corrected chi connectivity index (χ4v) is 3.86. The average molecular weight is 345 g/mol. The Kier molecular flexibility index (Phi) is 5.22. The number of carbonyl (C=O) groups is 1. The molecule has 2 saturated carbocycles. The Morgan fingerprint density at radius 2 is 2.00 bits per heavy atom. The molecule has 1 aromatic rings. The molecule has 0 radical (unpaired) electrons. The molecule has 3 fully saturated rings. The molecule has 1 aliphatic heterocycles. The van der Waals surface area contributed by atoms with Crippen LogP contribution in [-0.4, -0.2) is 55.4 Å². The van der Waals surface area contributed by atoms with E-state index in [2.05, 4.69) is 0 Å². The Bertz CT molecular complexity index is 574. The minimum atomic E-state index is 0.0477. The van der Waals surface area contributed by atoms with Crippen molar-refractivity contribution >= 4 is 5.91 Å². The Hall–Kier alpha value is -1.59. The molecule has 4 rings (SSSR count). The second kappa shape index (κ2) is 7.75. The maximum Gasteiger partial charge on any atom is 0.226 e. The van der Waals surface area contributed by atoms with E-state index >= 15 is 0 Å². The number of benzene rings is 1. The second-order valence-electron chi connectivity index (χ2n) is 7.29. The third kappa shape index (κ3) is 4.15. The van der Waals surface area contributed by atoms with Crippen LogP contribution in [0.1, 0.15) is 32.1 Å². The van der Waals surface area contributed by atoms with Gasteiger partial charge in [-0.3, -0.25) is 4.79 Å². The Labute approximate surface area is 149 Å². The molecule has 0 N–H and O–H groups in total. The highest BCUT2D eigenvalue weighted by Crippen LogP contribution is 2.35. The van der Waals surface area contributed by atoms with Crippen molar-refractivity contribution in [2.75, 3.05) is 26.4 Å². The summed E-state index contributed by atoms with van der Waals surface area (Å²) in [4.78, 5) is 14.7. The van der Waals surface area contributed by atoms with E-state index in [0.29, 0.717) is 26.2 Å². The van der Waals surface area contributed by atoms with E-state index in [1.54, 1.807) is 0 Å². The van der Waals surface area contributed by atoms with Gasteiger partial charge in [0.25, 0.3) is 0 Å². The highest BCUT2D eigenvalue weighted by atomic mass is 16.5. The zero-order valence-electron chi connectivity index (χ0n) is 14.6. The summed E-state index contributed by atoms with van der Waals surface area (Å²) in [5.74, 6) is 1.73. The van der Waals surface area contributed by atoms with Crippen LogP contribution in [0.3, 0.4) is 0 Å². The summed E-state index contributed by atoms with van der Waals surface area (Å²) in [6.07, 6.45) is 5.18. The largest absolute Gasteiger partial charge is 0.493 e. The van der Waals surface area contributed by atoms with Crippen LogP contribution in [0.2, 0.25) is 0 Å². The van der Waals surface area contributed by atoms with Gasteiger partial charge in [0.2, 0.25) is 5.91 Å². The third-order valence-electron chi connectivity index (χ3n) is 5.43. The Morgan fingerprint density at radius 1 is 1.16 bits per heavy atom. The fourth-order valence-electron chi connectivity index (χ4n) is 3.86. The van der Waals surface area contributed by atoms with Crippen molar-refractivity contribution in [1.82, 2.24) is 4.90 Å². The first kappa shape index (κ1) is 16.9. The molecule has 0 bridgehead atoms. The van der Waals surface area contributed by atoms with Crippen molar-refractivity contribution in [3.8, 4) is 5.75 Å². The van der Waals surface area contributed by atoms with E-state index < -0.39 is 0 Å². The zero-order chi connectivity index (χ0) is 17.1. The van der Waals surface area contributed by atoms with Gasteiger partial charge in [-0.15, -0.1) is 0 Å². The molecular formula is C20H27NO4. The lowest BCUT2D eigenvalue weighted by Crippen LogP contribution is -2.54. The summed E-state index contributed by atoms with van der Waals surface area (Å²) in [6.45, 7) is 2.56. The van der Waals surface area contributed by atoms with Crippen molar-refractivity contribution in [2.45, 2.75) is 50.4 Å². The number of ether oxygens (including phenoxy) is 3. The molecule has 3 atom stereocenters. The molecule has 25 heavy (non-hydrogen) atoms. The Balaban J connectivity index is 1.27. The SMILES string of the molecule is O=C(CCOc1ccccc1)N1CCO[C@H]2[C@H](OCC3CC3)CC[C@@H]21. The molecule has 0 spiro atoms. The molecule has 136 valence electrons. The number of rotatable bonds is 7. The maximum atomic E-state index is 12.7. The molecule has 0 unspecified atom stereocenters. The van der Waals surface area contributed by atoms with Crippen LogP contribution < -0.4 is 4.74 Å². The standard InChI is InChI=1S/C20H27NO4/c22-19(10-12-23-16-4-2-1-3-5-16)21-11-13-24-20-17(21)8-9-18(20)25-14-15-6-7-15/h1-5,15,17-18,20H,6-14H2/t17-,18+,20+/m0/s1. The summed E-state index contributed by atoms with van der Waals surface area (Å²) >= 11 is 0. The van der Waals surface area contributed by atoms with Crippen LogP contribution >= 0.6 is 0 Å². The minimum Gasteiger partial charge on any atom is -0.493 e. The first-order chi connectivity index (χ1) is 12.3. The van der Waals surface area contributed by atoms with Crippen molar-refractivity contribution in [3.05, 3.63) is 30.3 Å². The molecular weight excluding hydrogens is 318 g/mol. The van der Waals surface area contributed by atoms with Crippen LogP contribution in [0, 0.1) is 5.92 Å². The number of nitrogens with zero attached hydrogens (tertiary/aromatic N) is 1. The van der Waals surface area contributed by atoms with Crippen LogP contribution in [0.15, 0.2) is 30.3 Å². The predicted octanol–water partition coefficient (Wildman–Crippen LogP) is 2.64. The molecule has 1 saturated heterocycles. The fraction of sp³-hybridized carbons (Fsp3) is 0.650. The predicted molar refractivity (Wildman–Crippen MR) is 93.5 cm³/mol. The summed E-state index contributed by atoms with van der Waals surface area (Å²) in [5.41, 5.74) is 0. The van der Waals surface area contributed by atoms with Crippen LogP contribution in [0.25, 0.3) is 0 Å². The van der Waals surface area contributed by atoms with Gasteiger partial charge in [-0.2, -0.15) is 0 Å². The number of fused-ring (bicyclic) bond motifs is 1. The van der Waals surface area contributed by atoms with Gasteiger partial charge in [0.05, 0.1) is 31.8 Å². The topological polar surface area (TPSA) is 48.0 Å². The molecule has 0 aromatic heterocycles. The van der Waals surface area contributed by atoms with E-state index in [4.69, 9.17) is 14.2 Å². The summed E-state index contributed by atoms with van der Waals surface area (Å²) in [6, 6.07) is 9.81. The van der Waals surface area contributed by atoms with Crippen LogP contribution in [0.4, 0.5) is 0 Å². The van der Waals surface area contributed by atoms with Gasteiger partial charge >= 0.3 is 0 Å². The average Bonchev–Trinajstić information content (AvgIpc) is 3.39. The zero-order valence-corrected chi connectivity index (χ0v) is 14.6. The lowest BCUT2D eigenvalue weighted by Gasteiger charge is -2.39. The number of amides is 1. The van der Waals surface area contributed by atoms with E-state index in [1.807, 2.05) is 35.2 Å². The van der Waals surface area contributed by atoms with E-state index in [-0.39, 0.29) is 24.2 Å². The van der Waals surface area contributed by atoms with Crippen molar-refractivity contribution in [3.63, 3.8) is 0 Å². The molecule has 3 aliphatic rings. The van der Waals surface area contributed by atoms with Gasteiger partial charge in [-0.1, -0.05) is 18.2 Å². The molecule has 1 heterocycles. The van der Waals surface area contributed by atoms with Crippen molar-refractivity contribution in [1.29, 1.82) is 0 Å². The Morgan fingerprint density at radius 3 is 2.80 bits per heavy atom. The molecule has 5 heteroatoms. The molecule has 5 nitrogen and oxygen atoms in total. The van der Waals surface area contributed by atoms with Gasteiger partial charge in [-0.25, -0.2) is 0 Å². The first-order valence-corrected chi connectivity index (χ1v) is 9.52. The molecule has 1 amide bonds. The quantitative estimate of drug-likeness (QED) is 0.762. The maximum absolute atomic E-state index is 12.7. The smallest absolute Gasteiger partial charge is 0.226 e. The van der Waals surface area contributed by atoms with Crippen LogP contribution in [0.5, 0.6) is 5.75 Å². The van der Waals surface area contributed by atoms with Gasteiger partial charge in [0.1, 0.15) is 11.9 Å². The summed E-state index contributed by atoms with van der Waals surface area (Å²) in [5, 5.41) is 0. The monoisotopic (exact) mass is 345 g/mol. The summed E-state index contributed by atoms with van der Waals surface area (Å²) < 4.78 is 17.7. The second-order valence-corrected chi connectivity index (χ2v) is 7.29. The minimum absolute atomic E-state index is 0.0477. The molecule has 2 aliphatic carbocycles. The normalized spacial score (nSPS) is 28.6. The van der Waals surface area contributed by atoms with Gasteiger partial charge < -0.3 is 19.1 Å². The number of hydrogen-bond acceptors (Lipinski definition) is 4. The number of morpholine rings is 1. The third-order valence-corrected chi connectivity index (χ3v) is 5.43. The van der Waals surface area contributed by atoms with Crippen molar-refractivity contribution < 1.29 is 19.0 Å². The first-order valence-electron chi connectivity index (χ1n) is 9.52. The number of carbonyl (C=O) groups excluding carboxylic acids is 1. The highest BCUT2D eigenvalue weighted by molar-refractivity contribution is 5.77. The number of para-hydroxylation sites is 1. The lowest BCUT2D eigenvalue weighted by molar-refractivity contribution is -0.152.